The van der Waals surface area contributed by atoms with Crippen molar-refractivity contribution in [2.75, 3.05) is 19.6 Å². The number of imide groups is 1. The van der Waals surface area contributed by atoms with E-state index in [0.29, 0.717) is 26.1 Å². The molecule has 0 heterocycles. The van der Waals surface area contributed by atoms with E-state index in [2.05, 4.69) is 11.9 Å². The van der Waals surface area contributed by atoms with E-state index in [1.165, 1.54) is 0 Å². The summed E-state index contributed by atoms with van der Waals surface area (Å²) in [6.45, 7) is 5.00. The Bertz CT molecular complexity index is 622. The second-order valence-electron chi connectivity index (χ2n) is 6.13. The molecule has 1 aliphatic rings. The zero-order valence-electron chi connectivity index (χ0n) is 14.8. The van der Waals surface area contributed by atoms with Crippen LogP contribution in [0.2, 0.25) is 0 Å². The lowest BCUT2D eigenvalue weighted by molar-refractivity contribution is -0.119. The van der Waals surface area contributed by atoms with Crippen LogP contribution < -0.4 is 5.32 Å². The molecule has 1 N–H and O–H groups in total. The molecule has 2 amide bonds. The van der Waals surface area contributed by atoms with E-state index < -0.39 is 18.1 Å². The summed E-state index contributed by atoms with van der Waals surface area (Å²) in [6.07, 6.45) is -0.419. The maximum atomic E-state index is 11.8. The fourth-order valence-corrected chi connectivity index (χ4v) is 3.08. The molecule has 1 fully saturated rings. The molecule has 0 radical (unpaired) electrons. The van der Waals surface area contributed by atoms with Crippen molar-refractivity contribution < 1.29 is 23.8 Å². The summed E-state index contributed by atoms with van der Waals surface area (Å²) in [5, 5.41) is 2.07. The number of carbonyl (C=O) groups excluding carboxylic acids is 2. The number of ether oxygens (including phenoxy) is 3. The van der Waals surface area contributed by atoms with Crippen LogP contribution in [-0.2, 0) is 25.6 Å². The summed E-state index contributed by atoms with van der Waals surface area (Å²) in [7, 11) is 1.56. The number of nitrogens with one attached hydrogen (secondary N) is 1. The molecular weight excluding hydrogens is 358 g/mol. The Labute approximate surface area is 158 Å². The molecule has 0 saturated heterocycles. The number of alkyl halides is 1. The zero-order chi connectivity index (χ0) is 18.9. The first-order chi connectivity index (χ1) is 12.5. The van der Waals surface area contributed by atoms with Crippen molar-refractivity contribution >= 4 is 23.6 Å². The minimum atomic E-state index is -0.820. The van der Waals surface area contributed by atoms with E-state index in [1.807, 2.05) is 30.3 Å². The van der Waals surface area contributed by atoms with Crippen molar-refractivity contribution in [2.45, 2.75) is 31.7 Å². The highest BCUT2D eigenvalue weighted by atomic mass is 35.5. The summed E-state index contributed by atoms with van der Waals surface area (Å²) in [6, 6.07) is 9.86. The minimum Gasteiger partial charge on any atom is -0.443 e. The Kier molecular flexibility index (Phi) is 8.09. The third-order valence-corrected chi connectivity index (χ3v) is 4.58. The van der Waals surface area contributed by atoms with E-state index in [9.17, 15) is 9.59 Å². The average molecular weight is 382 g/mol. The van der Waals surface area contributed by atoms with Gasteiger partial charge in [-0.15, -0.1) is 11.6 Å². The third kappa shape index (κ3) is 5.83. The van der Waals surface area contributed by atoms with Gasteiger partial charge in [-0.1, -0.05) is 42.5 Å². The minimum absolute atomic E-state index is 0.0982. The van der Waals surface area contributed by atoms with Crippen LogP contribution in [-0.4, -0.2) is 43.8 Å². The molecule has 1 aromatic carbocycles. The van der Waals surface area contributed by atoms with Gasteiger partial charge >= 0.3 is 6.09 Å². The molecule has 142 valence electrons. The Morgan fingerprint density at radius 3 is 2.69 bits per heavy atom. The van der Waals surface area contributed by atoms with E-state index in [0.717, 1.165) is 11.1 Å². The standard InChI is InChI=1S/C19H24ClNO5/c1-13-8-9-16(26-19(23)21-17(22)10-20)18(24-2)15(13)12-25-11-14-6-4-3-5-7-14/h3-7,15-16,18H,1,8-12H2,2H3,(H,21,22,23)/t15-,16-,18+/m1/s1. The van der Waals surface area contributed by atoms with Gasteiger partial charge in [0.15, 0.2) is 0 Å². The number of rotatable bonds is 7. The molecule has 0 spiro atoms. The van der Waals surface area contributed by atoms with E-state index >= 15 is 0 Å². The maximum absolute atomic E-state index is 11.8. The van der Waals surface area contributed by atoms with Crippen LogP contribution in [0.3, 0.4) is 0 Å². The van der Waals surface area contributed by atoms with Crippen LogP contribution in [0, 0.1) is 5.92 Å². The summed E-state index contributed by atoms with van der Waals surface area (Å²) >= 11 is 5.37. The third-order valence-electron chi connectivity index (χ3n) is 4.34. The summed E-state index contributed by atoms with van der Waals surface area (Å²) in [5.41, 5.74) is 2.08. The Morgan fingerprint density at radius 1 is 1.31 bits per heavy atom. The Morgan fingerprint density at radius 2 is 2.04 bits per heavy atom. The smallest absolute Gasteiger partial charge is 0.414 e. The highest BCUT2D eigenvalue weighted by Gasteiger charge is 2.38. The van der Waals surface area contributed by atoms with Crippen molar-refractivity contribution in [1.82, 2.24) is 5.32 Å². The molecule has 1 aromatic rings. The van der Waals surface area contributed by atoms with Crippen LogP contribution in [0.15, 0.2) is 42.5 Å². The van der Waals surface area contributed by atoms with Crippen LogP contribution in [0.25, 0.3) is 0 Å². The van der Waals surface area contributed by atoms with Crippen molar-refractivity contribution in [2.24, 2.45) is 5.92 Å². The lowest BCUT2D eigenvalue weighted by Gasteiger charge is -2.37. The van der Waals surface area contributed by atoms with Gasteiger partial charge in [0.2, 0.25) is 5.91 Å². The number of amides is 2. The molecule has 0 aliphatic heterocycles. The molecule has 2 rings (SSSR count). The lowest BCUT2D eigenvalue weighted by atomic mass is 9.81. The summed E-state index contributed by atoms with van der Waals surface area (Å²) in [4.78, 5) is 23.0. The van der Waals surface area contributed by atoms with Crippen molar-refractivity contribution in [3.05, 3.63) is 48.0 Å². The molecule has 0 aromatic heterocycles. The van der Waals surface area contributed by atoms with Crippen LogP contribution in [0.1, 0.15) is 18.4 Å². The normalized spacial score (nSPS) is 22.7. The zero-order valence-corrected chi connectivity index (χ0v) is 15.5. The van der Waals surface area contributed by atoms with Gasteiger partial charge in [0, 0.05) is 13.0 Å². The van der Waals surface area contributed by atoms with Crippen LogP contribution in [0.5, 0.6) is 0 Å². The number of methoxy groups -OCH3 is 1. The first-order valence-electron chi connectivity index (χ1n) is 8.43. The monoisotopic (exact) mass is 381 g/mol. The molecule has 1 aliphatic carbocycles. The first-order valence-corrected chi connectivity index (χ1v) is 8.97. The van der Waals surface area contributed by atoms with Crippen LogP contribution >= 0.6 is 11.6 Å². The van der Waals surface area contributed by atoms with Gasteiger partial charge in [0.25, 0.3) is 0 Å². The van der Waals surface area contributed by atoms with Gasteiger partial charge in [-0.25, -0.2) is 4.79 Å². The number of alkyl carbamates (subject to hydrolysis) is 1. The topological polar surface area (TPSA) is 73.9 Å². The molecule has 0 bridgehead atoms. The summed E-state index contributed by atoms with van der Waals surface area (Å²) in [5.74, 6) is -1.01. The predicted molar refractivity (Wildman–Crippen MR) is 97.9 cm³/mol. The predicted octanol–water partition coefficient (Wildman–Crippen LogP) is 3.04. The van der Waals surface area contributed by atoms with Gasteiger partial charge in [-0.05, 0) is 18.4 Å². The number of hydrogen-bond acceptors (Lipinski definition) is 5. The largest absolute Gasteiger partial charge is 0.443 e. The van der Waals surface area contributed by atoms with Gasteiger partial charge in [-0.2, -0.15) is 0 Å². The highest BCUT2D eigenvalue weighted by molar-refractivity contribution is 6.28. The number of benzene rings is 1. The molecule has 3 atom stereocenters. The Balaban J connectivity index is 1.92. The molecule has 7 heteroatoms. The van der Waals surface area contributed by atoms with Crippen molar-refractivity contribution in [3.63, 3.8) is 0 Å². The maximum Gasteiger partial charge on any atom is 0.414 e. The number of carbonyl (C=O) groups is 2. The second kappa shape index (κ2) is 10.3. The van der Waals surface area contributed by atoms with E-state index in [4.69, 9.17) is 25.8 Å². The van der Waals surface area contributed by atoms with E-state index in [1.54, 1.807) is 7.11 Å². The second-order valence-corrected chi connectivity index (χ2v) is 6.40. The lowest BCUT2D eigenvalue weighted by Crippen LogP contribution is -2.46. The van der Waals surface area contributed by atoms with Gasteiger partial charge in [0.1, 0.15) is 18.1 Å². The van der Waals surface area contributed by atoms with Crippen LogP contribution in [0.4, 0.5) is 4.79 Å². The number of hydrogen-bond donors (Lipinski definition) is 1. The summed E-state index contributed by atoms with van der Waals surface area (Å²) < 4.78 is 16.8. The SMILES string of the molecule is C=C1CC[C@@H](OC(=O)NC(=O)CCl)[C@@H](OC)[C@@H]1COCc1ccccc1. The fraction of sp³-hybridized carbons (Fsp3) is 0.474. The highest BCUT2D eigenvalue weighted by Crippen LogP contribution is 2.33. The van der Waals surface area contributed by atoms with Crippen molar-refractivity contribution in [1.29, 1.82) is 0 Å². The fourth-order valence-electron chi connectivity index (χ4n) is 3.02. The quantitative estimate of drug-likeness (QED) is 0.580. The van der Waals surface area contributed by atoms with Crippen molar-refractivity contribution in [3.8, 4) is 0 Å². The molecule has 6 nitrogen and oxygen atoms in total. The molecule has 1 saturated carbocycles. The first kappa shape index (κ1) is 20.4. The Hall–Kier alpha value is -1.89. The average Bonchev–Trinajstić information content (AvgIpc) is 2.64. The molecule has 26 heavy (non-hydrogen) atoms. The van der Waals surface area contributed by atoms with Gasteiger partial charge in [-0.3, -0.25) is 10.1 Å². The number of halogens is 1. The van der Waals surface area contributed by atoms with E-state index in [-0.39, 0.29) is 17.9 Å². The van der Waals surface area contributed by atoms with Gasteiger partial charge < -0.3 is 14.2 Å². The molecule has 0 unspecified atom stereocenters. The molecular formula is C19H24ClNO5. The van der Waals surface area contributed by atoms with Gasteiger partial charge in [0.05, 0.1) is 13.2 Å².